The van der Waals surface area contributed by atoms with Crippen LogP contribution in [0.15, 0.2) is 22.4 Å². The van der Waals surface area contributed by atoms with Crippen LogP contribution >= 0.6 is 11.3 Å². The van der Waals surface area contributed by atoms with E-state index in [-0.39, 0.29) is 5.25 Å². The second kappa shape index (κ2) is 3.82. The molecule has 0 bridgehead atoms. The van der Waals surface area contributed by atoms with Crippen LogP contribution < -0.4 is 0 Å². The van der Waals surface area contributed by atoms with Gasteiger partial charge in [-0.3, -0.25) is 0 Å². The molecule has 0 aliphatic rings. The highest BCUT2D eigenvalue weighted by Gasteiger charge is 2.21. The van der Waals surface area contributed by atoms with E-state index in [1.807, 2.05) is 19.1 Å². The van der Waals surface area contributed by atoms with Gasteiger partial charge in [-0.15, -0.1) is 11.3 Å². The van der Waals surface area contributed by atoms with Gasteiger partial charge < -0.3 is 0 Å². The summed E-state index contributed by atoms with van der Waals surface area (Å²) in [5, 5.41) is 0.511. The highest BCUT2D eigenvalue weighted by Crippen LogP contribution is 2.29. The molecular weight excluding hydrogens is 242 g/mol. The third-order valence-corrected chi connectivity index (χ3v) is 6.11. The van der Waals surface area contributed by atoms with E-state index < -0.39 is 9.84 Å². The highest BCUT2D eigenvalue weighted by atomic mass is 32.2. The molecule has 0 fully saturated rings. The standard InChI is InChI=1S/C11H13NO2S2/c1-7(2)16(13,14)10-6-9-5-4-8(3)12-11(9)15-10/h4-7H,1-3H3. The zero-order chi connectivity index (χ0) is 11.9. The number of aryl methyl sites for hydroxylation is 1. The number of rotatable bonds is 2. The molecule has 0 radical (unpaired) electrons. The molecule has 0 amide bonds. The topological polar surface area (TPSA) is 47.0 Å². The lowest BCUT2D eigenvalue weighted by Crippen LogP contribution is -2.12. The van der Waals surface area contributed by atoms with Crippen molar-refractivity contribution in [2.24, 2.45) is 0 Å². The minimum atomic E-state index is -3.17. The number of pyridine rings is 1. The smallest absolute Gasteiger partial charge is 0.190 e. The fourth-order valence-electron chi connectivity index (χ4n) is 1.36. The first-order valence-corrected chi connectivity index (χ1v) is 7.38. The maximum Gasteiger partial charge on any atom is 0.190 e. The Morgan fingerprint density at radius 3 is 2.62 bits per heavy atom. The number of nitrogens with zero attached hydrogens (tertiary/aromatic N) is 1. The van der Waals surface area contributed by atoms with Crippen LogP contribution in [0.3, 0.4) is 0 Å². The Balaban J connectivity index is 2.65. The fraction of sp³-hybridized carbons (Fsp3) is 0.364. The van der Waals surface area contributed by atoms with Gasteiger partial charge in [0.05, 0.1) is 5.25 Å². The molecule has 0 aliphatic heterocycles. The Morgan fingerprint density at radius 1 is 1.31 bits per heavy atom. The molecule has 2 heterocycles. The van der Waals surface area contributed by atoms with E-state index in [2.05, 4.69) is 4.98 Å². The number of hydrogen-bond acceptors (Lipinski definition) is 4. The number of sulfone groups is 1. The lowest BCUT2D eigenvalue weighted by atomic mass is 10.3. The molecule has 0 aromatic carbocycles. The van der Waals surface area contributed by atoms with Crippen molar-refractivity contribution in [1.29, 1.82) is 0 Å². The van der Waals surface area contributed by atoms with Gasteiger partial charge in [-0.25, -0.2) is 13.4 Å². The number of thiophene rings is 1. The summed E-state index contributed by atoms with van der Waals surface area (Å²) >= 11 is 1.25. The first-order chi connectivity index (χ1) is 7.41. The van der Waals surface area contributed by atoms with Crippen molar-refractivity contribution in [3.8, 4) is 0 Å². The maximum atomic E-state index is 12.0. The second-order valence-corrected chi connectivity index (χ2v) is 7.77. The number of fused-ring (bicyclic) bond motifs is 1. The summed E-state index contributed by atoms with van der Waals surface area (Å²) in [4.78, 5) is 5.11. The fourth-order valence-corrected chi connectivity index (χ4v) is 4.21. The summed E-state index contributed by atoms with van der Waals surface area (Å²) in [7, 11) is -3.17. The van der Waals surface area contributed by atoms with Crippen LogP contribution in [0.4, 0.5) is 0 Å². The Morgan fingerprint density at radius 2 is 2.00 bits per heavy atom. The molecule has 16 heavy (non-hydrogen) atoms. The van der Waals surface area contributed by atoms with Crippen molar-refractivity contribution in [1.82, 2.24) is 4.98 Å². The van der Waals surface area contributed by atoms with Crippen molar-refractivity contribution >= 4 is 31.4 Å². The lowest BCUT2D eigenvalue weighted by molar-refractivity contribution is 0.589. The van der Waals surface area contributed by atoms with Crippen molar-refractivity contribution in [3.05, 3.63) is 23.9 Å². The van der Waals surface area contributed by atoms with Gasteiger partial charge in [0.25, 0.3) is 0 Å². The summed E-state index contributed by atoms with van der Waals surface area (Å²) in [5.74, 6) is 0. The molecule has 2 aromatic heterocycles. The van der Waals surface area contributed by atoms with E-state index in [1.54, 1.807) is 19.9 Å². The second-order valence-electron chi connectivity index (χ2n) is 4.01. The van der Waals surface area contributed by atoms with E-state index >= 15 is 0 Å². The van der Waals surface area contributed by atoms with Crippen molar-refractivity contribution in [3.63, 3.8) is 0 Å². The molecule has 2 rings (SSSR count). The van der Waals surface area contributed by atoms with Crippen LogP contribution in [0, 0.1) is 6.92 Å². The Bertz CT molecular complexity index is 626. The van der Waals surface area contributed by atoms with Gasteiger partial charge >= 0.3 is 0 Å². The third-order valence-electron chi connectivity index (χ3n) is 2.40. The monoisotopic (exact) mass is 255 g/mol. The van der Waals surface area contributed by atoms with Gasteiger partial charge in [-0.05, 0) is 32.9 Å². The minimum absolute atomic E-state index is 0.387. The first kappa shape index (κ1) is 11.5. The summed E-state index contributed by atoms with van der Waals surface area (Å²) < 4.78 is 24.4. The molecule has 0 aliphatic carbocycles. The molecule has 0 unspecified atom stereocenters. The Kier molecular flexibility index (Phi) is 2.75. The quantitative estimate of drug-likeness (QED) is 0.829. The van der Waals surface area contributed by atoms with Gasteiger partial charge in [-0.1, -0.05) is 6.07 Å². The largest absolute Gasteiger partial charge is 0.242 e. The SMILES string of the molecule is Cc1ccc2cc(S(=O)(=O)C(C)C)sc2n1. The van der Waals surface area contributed by atoms with E-state index in [4.69, 9.17) is 0 Å². The van der Waals surface area contributed by atoms with Crippen molar-refractivity contribution in [2.45, 2.75) is 30.2 Å². The molecule has 0 saturated heterocycles. The van der Waals surface area contributed by atoms with E-state index in [9.17, 15) is 8.42 Å². The third kappa shape index (κ3) is 1.85. The average molecular weight is 255 g/mol. The summed E-state index contributed by atoms with van der Waals surface area (Å²) in [6, 6.07) is 5.51. The van der Waals surface area contributed by atoms with Crippen molar-refractivity contribution < 1.29 is 8.42 Å². The highest BCUT2D eigenvalue weighted by molar-refractivity contribution is 7.94. The molecular formula is C11H13NO2S2. The van der Waals surface area contributed by atoms with E-state index in [1.165, 1.54) is 11.3 Å². The number of hydrogen-bond donors (Lipinski definition) is 0. The van der Waals surface area contributed by atoms with Gasteiger partial charge in [0.1, 0.15) is 9.04 Å². The molecule has 0 atom stereocenters. The molecule has 0 saturated carbocycles. The van der Waals surface area contributed by atoms with E-state index in [0.717, 1.165) is 15.9 Å². The summed E-state index contributed by atoms with van der Waals surface area (Å²) in [6.07, 6.45) is 0. The Hall–Kier alpha value is -0.940. The zero-order valence-electron chi connectivity index (χ0n) is 9.39. The lowest BCUT2D eigenvalue weighted by Gasteiger charge is -2.03. The van der Waals surface area contributed by atoms with Gasteiger partial charge in [0.15, 0.2) is 9.84 Å². The van der Waals surface area contributed by atoms with Gasteiger partial charge in [0.2, 0.25) is 0 Å². The van der Waals surface area contributed by atoms with Crippen LogP contribution in [0.1, 0.15) is 19.5 Å². The molecule has 0 N–H and O–H groups in total. The normalized spacial score (nSPS) is 12.5. The summed E-state index contributed by atoms with van der Waals surface area (Å²) in [6.45, 7) is 5.28. The van der Waals surface area contributed by atoms with Gasteiger partial charge in [-0.2, -0.15) is 0 Å². The predicted octanol–water partition coefficient (Wildman–Crippen LogP) is 2.79. The maximum absolute atomic E-state index is 12.0. The van der Waals surface area contributed by atoms with E-state index in [0.29, 0.717) is 4.21 Å². The van der Waals surface area contributed by atoms with Crippen LogP contribution in [0.5, 0.6) is 0 Å². The molecule has 0 spiro atoms. The van der Waals surface area contributed by atoms with Gasteiger partial charge in [0, 0.05) is 11.1 Å². The van der Waals surface area contributed by atoms with Crippen LogP contribution in [0.2, 0.25) is 0 Å². The predicted molar refractivity (Wildman–Crippen MR) is 66.7 cm³/mol. The minimum Gasteiger partial charge on any atom is -0.242 e. The molecule has 2 aromatic rings. The van der Waals surface area contributed by atoms with Crippen molar-refractivity contribution in [2.75, 3.05) is 0 Å². The average Bonchev–Trinajstić information content (AvgIpc) is 2.60. The zero-order valence-corrected chi connectivity index (χ0v) is 11.0. The first-order valence-electron chi connectivity index (χ1n) is 5.02. The van der Waals surface area contributed by atoms with Crippen LogP contribution in [-0.4, -0.2) is 18.7 Å². The summed E-state index contributed by atoms with van der Waals surface area (Å²) in [5.41, 5.74) is 0.905. The molecule has 86 valence electrons. The van der Waals surface area contributed by atoms with Crippen LogP contribution in [-0.2, 0) is 9.84 Å². The Labute approximate surface area is 99.1 Å². The molecule has 5 heteroatoms. The van der Waals surface area contributed by atoms with Crippen LogP contribution in [0.25, 0.3) is 10.2 Å². The number of aromatic nitrogens is 1. The molecule has 3 nitrogen and oxygen atoms in total.